The molecule has 0 fully saturated rings. The fourth-order valence-electron chi connectivity index (χ4n) is 1.08. The number of carbonyl (C=O) groups is 1. The van der Waals surface area contributed by atoms with Gasteiger partial charge in [0.1, 0.15) is 6.04 Å². The van der Waals surface area contributed by atoms with Gasteiger partial charge in [0, 0.05) is 23.3 Å². The van der Waals surface area contributed by atoms with Crippen molar-refractivity contribution in [3.8, 4) is 5.88 Å². The topological polar surface area (TPSA) is 85.4 Å². The lowest BCUT2D eigenvalue weighted by Gasteiger charge is -2.08. The standard InChI is InChI=1S/C10H14N2O3S/c1-15-9-7(3-2-4-12-9)5-16-6-8(11)10(13)14/h2-4,8H,5-6,11H2,1H3,(H,13,14)/t8-/m1/s1. The molecule has 0 amide bonds. The zero-order valence-corrected chi connectivity index (χ0v) is 9.74. The van der Waals surface area contributed by atoms with Gasteiger partial charge in [-0.05, 0) is 6.07 Å². The molecule has 0 aliphatic rings. The first kappa shape index (κ1) is 12.8. The van der Waals surface area contributed by atoms with Crippen LogP contribution in [0.15, 0.2) is 18.3 Å². The minimum absolute atomic E-state index is 0.368. The van der Waals surface area contributed by atoms with Crippen LogP contribution >= 0.6 is 11.8 Å². The van der Waals surface area contributed by atoms with E-state index in [1.807, 2.05) is 12.1 Å². The van der Waals surface area contributed by atoms with Crippen LogP contribution in [0.3, 0.4) is 0 Å². The maximum absolute atomic E-state index is 10.5. The van der Waals surface area contributed by atoms with Crippen LogP contribution in [-0.4, -0.2) is 35.0 Å². The van der Waals surface area contributed by atoms with E-state index >= 15 is 0 Å². The molecule has 1 aromatic rings. The normalized spacial score (nSPS) is 12.1. The Kier molecular flexibility index (Phi) is 5.07. The molecule has 0 unspecified atom stereocenters. The second kappa shape index (κ2) is 6.34. The molecule has 5 nitrogen and oxygen atoms in total. The van der Waals surface area contributed by atoms with Crippen molar-refractivity contribution in [2.24, 2.45) is 5.73 Å². The van der Waals surface area contributed by atoms with Gasteiger partial charge in [0.05, 0.1) is 7.11 Å². The van der Waals surface area contributed by atoms with Crippen LogP contribution in [0.5, 0.6) is 5.88 Å². The number of carboxylic acids is 1. The van der Waals surface area contributed by atoms with E-state index in [-0.39, 0.29) is 0 Å². The molecule has 1 rings (SSSR count). The lowest BCUT2D eigenvalue weighted by atomic mass is 10.3. The maximum Gasteiger partial charge on any atom is 0.321 e. The number of hydrogen-bond donors (Lipinski definition) is 2. The average molecular weight is 242 g/mol. The Labute approximate surface area is 98.0 Å². The van der Waals surface area contributed by atoms with E-state index in [2.05, 4.69) is 4.98 Å². The highest BCUT2D eigenvalue weighted by Gasteiger charge is 2.11. The molecule has 88 valence electrons. The Morgan fingerprint density at radius 2 is 2.50 bits per heavy atom. The van der Waals surface area contributed by atoms with Crippen molar-refractivity contribution in [1.29, 1.82) is 0 Å². The van der Waals surface area contributed by atoms with Crippen molar-refractivity contribution >= 4 is 17.7 Å². The number of pyridine rings is 1. The minimum Gasteiger partial charge on any atom is -0.481 e. The van der Waals surface area contributed by atoms with Gasteiger partial charge in [0.15, 0.2) is 0 Å². The van der Waals surface area contributed by atoms with Gasteiger partial charge in [-0.25, -0.2) is 4.98 Å². The number of aromatic nitrogens is 1. The minimum atomic E-state index is -0.981. The summed E-state index contributed by atoms with van der Waals surface area (Å²) in [5.41, 5.74) is 6.32. The fraction of sp³-hybridized carbons (Fsp3) is 0.400. The summed E-state index contributed by atoms with van der Waals surface area (Å²) in [5, 5.41) is 8.60. The number of nitrogens with two attached hydrogens (primary N) is 1. The van der Waals surface area contributed by atoms with Crippen LogP contribution in [0.1, 0.15) is 5.56 Å². The lowest BCUT2D eigenvalue weighted by molar-refractivity contribution is -0.137. The molecule has 0 aliphatic heterocycles. The molecule has 0 radical (unpaired) electrons. The number of methoxy groups -OCH3 is 1. The molecule has 1 aromatic heterocycles. The summed E-state index contributed by atoms with van der Waals surface area (Å²) >= 11 is 1.45. The molecule has 1 heterocycles. The lowest BCUT2D eigenvalue weighted by Crippen LogP contribution is -2.32. The van der Waals surface area contributed by atoms with E-state index < -0.39 is 12.0 Å². The smallest absolute Gasteiger partial charge is 0.321 e. The largest absolute Gasteiger partial charge is 0.481 e. The molecule has 6 heteroatoms. The van der Waals surface area contributed by atoms with Crippen molar-refractivity contribution in [3.05, 3.63) is 23.9 Å². The Bertz CT molecular complexity index is 360. The van der Waals surface area contributed by atoms with Crippen LogP contribution in [0.25, 0.3) is 0 Å². The van der Waals surface area contributed by atoms with Gasteiger partial charge in [-0.2, -0.15) is 11.8 Å². The average Bonchev–Trinajstić information content (AvgIpc) is 2.29. The van der Waals surface area contributed by atoms with Gasteiger partial charge in [-0.1, -0.05) is 6.07 Å². The van der Waals surface area contributed by atoms with Gasteiger partial charge in [-0.15, -0.1) is 0 Å². The zero-order valence-electron chi connectivity index (χ0n) is 8.92. The van der Waals surface area contributed by atoms with Crippen molar-refractivity contribution in [3.63, 3.8) is 0 Å². The van der Waals surface area contributed by atoms with Gasteiger partial charge >= 0.3 is 5.97 Å². The van der Waals surface area contributed by atoms with Crippen LogP contribution in [0.2, 0.25) is 0 Å². The van der Waals surface area contributed by atoms with Crippen molar-refractivity contribution in [2.45, 2.75) is 11.8 Å². The summed E-state index contributed by atoms with van der Waals surface area (Å²) in [6, 6.07) is 2.88. The molecule has 3 N–H and O–H groups in total. The van der Waals surface area contributed by atoms with Gasteiger partial charge in [0.2, 0.25) is 5.88 Å². The molecule has 1 atom stereocenters. The predicted octanol–water partition coefficient (Wildman–Crippen LogP) is 0.735. The van der Waals surface area contributed by atoms with E-state index in [1.165, 1.54) is 11.8 Å². The Morgan fingerprint density at radius 3 is 3.12 bits per heavy atom. The first-order valence-corrected chi connectivity index (χ1v) is 5.84. The molecule has 0 bridgehead atoms. The van der Waals surface area contributed by atoms with Gasteiger partial charge in [-0.3, -0.25) is 4.79 Å². The summed E-state index contributed by atoms with van der Waals surface area (Å²) in [5.74, 6) is 0.593. The van der Waals surface area contributed by atoms with E-state index in [4.69, 9.17) is 15.6 Å². The summed E-state index contributed by atoms with van der Waals surface area (Å²) in [6.45, 7) is 0. The molecule has 0 aliphatic carbocycles. The van der Waals surface area contributed by atoms with Gasteiger partial charge < -0.3 is 15.6 Å². The Hall–Kier alpha value is -1.27. The van der Waals surface area contributed by atoms with E-state index in [0.717, 1.165) is 5.56 Å². The number of hydrogen-bond acceptors (Lipinski definition) is 5. The molecular formula is C10H14N2O3S. The summed E-state index contributed by atoms with van der Waals surface area (Å²) in [7, 11) is 1.56. The molecule has 0 spiro atoms. The third-order valence-corrected chi connectivity index (χ3v) is 3.03. The number of rotatable bonds is 6. The van der Waals surface area contributed by atoms with Crippen molar-refractivity contribution < 1.29 is 14.6 Å². The van der Waals surface area contributed by atoms with Crippen molar-refractivity contribution in [2.75, 3.05) is 12.9 Å². The second-order valence-corrected chi connectivity index (χ2v) is 4.16. The number of thioether (sulfide) groups is 1. The summed E-state index contributed by atoms with van der Waals surface area (Å²) < 4.78 is 5.08. The molecule has 0 aromatic carbocycles. The summed E-state index contributed by atoms with van der Waals surface area (Å²) in [6.07, 6.45) is 1.65. The fourth-order valence-corrected chi connectivity index (χ4v) is 2.04. The summed E-state index contributed by atoms with van der Waals surface area (Å²) in [4.78, 5) is 14.5. The van der Waals surface area contributed by atoms with E-state index in [9.17, 15) is 4.79 Å². The first-order chi connectivity index (χ1) is 7.65. The van der Waals surface area contributed by atoms with Crippen LogP contribution in [0.4, 0.5) is 0 Å². The quantitative estimate of drug-likeness (QED) is 0.765. The number of aliphatic carboxylic acids is 1. The van der Waals surface area contributed by atoms with Crippen LogP contribution in [-0.2, 0) is 10.5 Å². The maximum atomic E-state index is 10.5. The van der Waals surface area contributed by atoms with Gasteiger partial charge in [0.25, 0.3) is 0 Å². The second-order valence-electron chi connectivity index (χ2n) is 3.13. The number of nitrogens with zero attached hydrogens (tertiary/aromatic N) is 1. The predicted molar refractivity (Wildman–Crippen MR) is 62.6 cm³/mol. The number of carboxylic acid groups (broad SMARTS) is 1. The Balaban J connectivity index is 2.45. The van der Waals surface area contributed by atoms with E-state index in [0.29, 0.717) is 17.4 Å². The third kappa shape index (κ3) is 3.71. The highest BCUT2D eigenvalue weighted by Crippen LogP contribution is 2.20. The highest BCUT2D eigenvalue weighted by molar-refractivity contribution is 7.98. The SMILES string of the molecule is COc1ncccc1CSC[C@@H](N)C(=O)O. The molecule has 16 heavy (non-hydrogen) atoms. The number of ether oxygens (including phenoxy) is 1. The molecule has 0 saturated carbocycles. The monoisotopic (exact) mass is 242 g/mol. The van der Waals surface area contributed by atoms with Crippen LogP contribution < -0.4 is 10.5 Å². The van der Waals surface area contributed by atoms with Crippen molar-refractivity contribution in [1.82, 2.24) is 4.98 Å². The molecular weight excluding hydrogens is 228 g/mol. The highest BCUT2D eigenvalue weighted by atomic mass is 32.2. The zero-order chi connectivity index (χ0) is 12.0. The van der Waals surface area contributed by atoms with Crippen LogP contribution in [0, 0.1) is 0 Å². The third-order valence-electron chi connectivity index (χ3n) is 1.92. The molecule has 0 saturated heterocycles. The van der Waals surface area contributed by atoms with E-state index in [1.54, 1.807) is 13.3 Å². The first-order valence-electron chi connectivity index (χ1n) is 4.69. The Morgan fingerprint density at radius 1 is 1.75 bits per heavy atom.